The van der Waals surface area contributed by atoms with Gasteiger partial charge < -0.3 is 9.84 Å². The Morgan fingerprint density at radius 3 is 2.96 bits per heavy atom. The molecule has 0 saturated carbocycles. The molecule has 0 atom stereocenters. The predicted octanol–water partition coefficient (Wildman–Crippen LogP) is 1.26. The standard InChI is InChI=1S/C15H14N6O2.ClH/c1-8-13(10-4-5-16-6-9(10)7-17-8)14-18-15(23-21-14)11-2-3-12(22)20-19-11;/h2-3,7,16H,4-6H2,1H3,(H,20,22);1H. The summed E-state index contributed by atoms with van der Waals surface area (Å²) in [5.41, 5.74) is 4.30. The summed E-state index contributed by atoms with van der Waals surface area (Å²) >= 11 is 0. The van der Waals surface area contributed by atoms with Crippen LogP contribution in [0.15, 0.2) is 27.6 Å². The average molecular weight is 347 g/mol. The third-order valence-corrected chi connectivity index (χ3v) is 3.88. The van der Waals surface area contributed by atoms with Crippen molar-refractivity contribution in [3.05, 3.63) is 45.5 Å². The Morgan fingerprint density at radius 2 is 2.17 bits per heavy atom. The van der Waals surface area contributed by atoms with Crippen LogP contribution in [-0.4, -0.2) is 31.9 Å². The third kappa shape index (κ3) is 2.81. The summed E-state index contributed by atoms with van der Waals surface area (Å²) in [6.45, 7) is 3.64. The van der Waals surface area contributed by atoms with Crippen LogP contribution >= 0.6 is 12.4 Å². The summed E-state index contributed by atoms with van der Waals surface area (Å²) in [6.07, 6.45) is 2.79. The van der Waals surface area contributed by atoms with Gasteiger partial charge in [0.2, 0.25) is 5.82 Å². The summed E-state index contributed by atoms with van der Waals surface area (Å²) in [6, 6.07) is 2.92. The Morgan fingerprint density at radius 1 is 1.29 bits per heavy atom. The molecule has 0 spiro atoms. The Bertz CT molecular complexity index is 915. The maximum atomic E-state index is 11.1. The summed E-state index contributed by atoms with van der Waals surface area (Å²) in [5.74, 6) is 0.763. The molecule has 3 aromatic heterocycles. The highest BCUT2D eigenvalue weighted by atomic mass is 35.5. The maximum Gasteiger partial charge on any atom is 0.278 e. The number of fused-ring (bicyclic) bond motifs is 1. The molecule has 0 aromatic carbocycles. The minimum Gasteiger partial charge on any atom is -0.332 e. The van der Waals surface area contributed by atoms with Crippen molar-refractivity contribution in [2.24, 2.45) is 0 Å². The zero-order valence-corrected chi connectivity index (χ0v) is 13.7. The van der Waals surface area contributed by atoms with Gasteiger partial charge in [-0.25, -0.2) is 5.10 Å². The number of pyridine rings is 1. The first kappa shape index (κ1) is 16.3. The molecule has 24 heavy (non-hydrogen) atoms. The lowest BCUT2D eigenvalue weighted by molar-refractivity contribution is 0.430. The summed E-state index contributed by atoms with van der Waals surface area (Å²) < 4.78 is 5.30. The number of aryl methyl sites for hydroxylation is 1. The van der Waals surface area contributed by atoms with Gasteiger partial charge in [0, 0.05) is 30.1 Å². The molecule has 0 saturated heterocycles. The second kappa shape index (κ2) is 6.50. The van der Waals surface area contributed by atoms with Crippen LogP contribution in [0.5, 0.6) is 0 Å². The molecule has 1 aliphatic rings. The number of hydrogen-bond acceptors (Lipinski definition) is 7. The van der Waals surface area contributed by atoms with Gasteiger partial charge >= 0.3 is 0 Å². The van der Waals surface area contributed by atoms with Crippen molar-refractivity contribution in [3.63, 3.8) is 0 Å². The predicted molar refractivity (Wildman–Crippen MR) is 88.8 cm³/mol. The van der Waals surface area contributed by atoms with E-state index >= 15 is 0 Å². The highest BCUT2D eigenvalue weighted by Crippen LogP contribution is 2.29. The number of aromatic amines is 1. The van der Waals surface area contributed by atoms with Crippen LogP contribution < -0.4 is 10.9 Å². The molecule has 0 unspecified atom stereocenters. The summed E-state index contributed by atoms with van der Waals surface area (Å²) in [7, 11) is 0. The van der Waals surface area contributed by atoms with Gasteiger partial charge in [-0.3, -0.25) is 9.78 Å². The fourth-order valence-corrected chi connectivity index (χ4v) is 2.76. The van der Waals surface area contributed by atoms with E-state index in [0.29, 0.717) is 11.5 Å². The molecule has 9 heteroatoms. The zero-order valence-electron chi connectivity index (χ0n) is 12.9. The summed E-state index contributed by atoms with van der Waals surface area (Å²) in [5, 5.41) is 13.7. The van der Waals surface area contributed by atoms with Gasteiger partial charge in [-0.15, -0.1) is 12.4 Å². The smallest absolute Gasteiger partial charge is 0.278 e. The van der Waals surface area contributed by atoms with Crippen molar-refractivity contribution >= 4 is 12.4 Å². The quantitative estimate of drug-likeness (QED) is 0.718. The Kier molecular flexibility index (Phi) is 4.41. The van der Waals surface area contributed by atoms with Gasteiger partial charge in [-0.2, -0.15) is 10.1 Å². The normalized spacial score (nSPS) is 13.2. The number of hydrogen-bond donors (Lipinski definition) is 2. The van der Waals surface area contributed by atoms with Crippen LogP contribution in [0.1, 0.15) is 16.8 Å². The molecule has 0 radical (unpaired) electrons. The highest BCUT2D eigenvalue weighted by Gasteiger charge is 2.21. The van der Waals surface area contributed by atoms with Crippen LogP contribution in [-0.2, 0) is 13.0 Å². The lowest BCUT2D eigenvalue weighted by Gasteiger charge is -2.19. The number of nitrogens with one attached hydrogen (secondary N) is 2. The molecule has 8 nitrogen and oxygen atoms in total. The fourth-order valence-electron chi connectivity index (χ4n) is 2.76. The van der Waals surface area contributed by atoms with Gasteiger partial charge in [0.1, 0.15) is 5.69 Å². The van der Waals surface area contributed by atoms with Crippen LogP contribution in [0.2, 0.25) is 0 Å². The number of H-pyrrole nitrogens is 1. The number of aromatic nitrogens is 5. The van der Waals surface area contributed by atoms with E-state index in [4.69, 9.17) is 4.52 Å². The van der Waals surface area contributed by atoms with Crippen molar-refractivity contribution in [3.8, 4) is 23.0 Å². The van der Waals surface area contributed by atoms with E-state index < -0.39 is 0 Å². The monoisotopic (exact) mass is 346 g/mol. The first-order valence-corrected chi connectivity index (χ1v) is 7.30. The van der Waals surface area contributed by atoms with E-state index in [1.807, 2.05) is 13.1 Å². The second-order valence-corrected chi connectivity index (χ2v) is 5.38. The van der Waals surface area contributed by atoms with Crippen LogP contribution in [0.3, 0.4) is 0 Å². The Labute approximate surface area is 143 Å². The van der Waals surface area contributed by atoms with Crippen molar-refractivity contribution < 1.29 is 4.52 Å². The van der Waals surface area contributed by atoms with E-state index in [1.165, 1.54) is 11.6 Å². The van der Waals surface area contributed by atoms with Crippen LogP contribution in [0, 0.1) is 6.92 Å². The van der Waals surface area contributed by atoms with Gasteiger partial charge in [0.25, 0.3) is 11.4 Å². The fraction of sp³-hybridized carbons (Fsp3) is 0.267. The Hall–Kier alpha value is -2.58. The number of nitrogens with zero attached hydrogens (tertiary/aromatic N) is 4. The van der Waals surface area contributed by atoms with E-state index in [2.05, 4.69) is 30.6 Å². The lowest BCUT2D eigenvalue weighted by Crippen LogP contribution is -2.24. The van der Waals surface area contributed by atoms with Crippen molar-refractivity contribution in [1.82, 2.24) is 30.6 Å². The molecular formula is C15H15ClN6O2. The average Bonchev–Trinajstić information content (AvgIpc) is 3.05. The van der Waals surface area contributed by atoms with Gasteiger partial charge in [-0.05, 0) is 37.1 Å². The molecule has 0 bridgehead atoms. The van der Waals surface area contributed by atoms with Crippen molar-refractivity contribution in [2.75, 3.05) is 6.54 Å². The van der Waals surface area contributed by atoms with Gasteiger partial charge in [0.15, 0.2) is 0 Å². The molecule has 0 amide bonds. The number of halogens is 1. The van der Waals surface area contributed by atoms with E-state index in [9.17, 15) is 4.79 Å². The van der Waals surface area contributed by atoms with Crippen LogP contribution in [0.25, 0.3) is 23.0 Å². The molecule has 4 rings (SSSR count). The molecule has 0 fully saturated rings. The minimum atomic E-state index is -0.279. The van der Waals surface area contributed by atoms with Gasteiger partial charge in [-0.1, -0.05) is 5.16 Å². The lowest BCUT2D eigenvalue weighted by atomic mass is 9.95. The van der Waals surface area contributed by atoms with E-state index in [-0.39, 0.29) is 23.9 Å². The van der Waals surface area contributed by atoms with E-state index in [0.717, 1.165) is 36.3 Å². The zero-order chi connectivity index (χ0) is 15.8. The van der Waals surface area contributed by atoms with Crippen molar-refractivity contribution in [1.29, 1.82) is 0 Å². The molecule has 3 aromatic rings. The third-order valence-electron chi connectivity index (χ3n) is 3.88. The first-order chi connectivity index (χ1) is 11.2. The Balaban J connectivity index is 0.00000169. The molecule has 0 aliphatic carbocycles. The largest absolute Gasteiger partial charge is 0.332 e. The summed E-state index contributed by atoms with van der Waals surface area (Å²) in [4.78, 5) is 20.0. The van der Waals surface area contributed by atoms with Crippen LogP contribution in [0.4, 0.5) is 0 Å². The topological polar surface area (TPSA) is 110 Å². The molecular weight excluding hydrogens is 332 g/mol. The molecule has 1 aliphatic heterocycles. The van der Waals surface area contributed by atoms with E-state index in [1.54, 1.807) is 6.07 Å². The highest BCUT2D eigenvalue weighted by molar-refractivity contribution is 5.85. The first-order valence-electron chi connectivity index (χ1n) is 7.30. The molecule has 2 N–H and O–H groups in total. The molecule has 124 valence electrons. The SMILES string of the molecule is Cc1ncc2c(c1-c1noc(-c3ccc(=O)[nH]n3)n1)CCNC2.Cl. The maximum absolute atomic E-state index is 11.1. The second-order valence-electron chi connectivity index (χ2n) is 5.38. The molecule has 4 heterocycles. The minimum absolute atomic E-state index is 0. The van der Waals surface area contributed by atoms with Crippen molar-refractivity contribution in [2.45, 2.75) is 19.9 Å². The number of rotatable bonds is 2. The van der Waals surface area contributed by atoms with Gasteiger partial charge in [0.05, 0.1) is 0 Å².